The van der Waals surface area contributed by atoms with Gasteiger partial charge in [-0.1, -0.05) is 30.3 Å². The van der Waals surface area contributed by atoms with Gasteiger partial charge < -0.3 is 14.4 Å². The molecule has 1 aliphatic rings. The zero-order valence-corrected chi connectivity index (χ0v) is 15.2. The molecular weight excluding hydrogens is 332 g/mol. The van der Waals surface area contributed by atoms with Crippen molar-refractivity contribution in [3.8, 4) is 5.75 Å². The van der Waals surface area contributed by atoms with Gasteiger partial charge in [-0.05, 0) is 25.0 Å². The molecule has 136 valence electrons. The van der Waals surface area contributed by atoms with Crippen molar-refractivity contribution in [3.63, 3.8) is 0 Å². The van der Waals surface area contributed by atoms with Crippen molar-refractivity contribution in [1.82, 2.24) is 9.88 Å². The Morgan fingerprint density at radius 2 is 1.92 bits per heavy atom. The van der Waals surface area contributed by atoms with Crippen LogP contribution < -0.4 is 4.74 Å². The van der Waals surface area contributed by atoms with E-state index in [4.69, 9.17) is 9.47 Å². The summed E-state index contributed by atoms with van der Waals surface area (Å²) in [4.78, 5) is 31.5. The highest BCUT2D eigenvalue weighted by Crippen LogP contribution is 2.37. The molecule has 2 heterocycles. The van der Waals surface area contributed by atoms with E-state index in [9.17, 15) is 9.59 Å². The lowest BCUT2D eigenvalue weighted by molar-refractivity contribution is -0.147. The van der Waals surface area contributed by atoms with E-state index >= 15 is 0 Å². The summed E-state index contributed by atoms with van der Waals surface area (Å²) >= 11 is 0. The molecule has 3 rings (SSSR count). The molecule has 1 saturated heterocycles. The molecule has 2 aromatic rings. The number of hydrogen-bond acceptors (Lipinski definition) is 5. The van der Waals surface area contributed by atoms with Gasteiger partial charge in [-0.25, -0.2) is 0 Å². The molecule has 1 amide bonds. The first-order valence-electron chi connectivity index (χ1n) is 8.45. The first kappa shape index (κ1) is 17.9. The fraction of sp³-hybridized carbons (Fsp3) is 0.350. The van der Waals surface area contributed by atoms with Gasteiger partial charge in [-0.15, -0.1) is 0 Å². The minimum atomic E-state index is -0.846. The van der Waals surface area contributed by atoms with Crippen molar-refractivity contribution < 1.29 is 19.1 Å². The molecule has 1 unspecified atom stereocenters. The molecule has 26 heavy (non-hydrogen) atoms. The van der Waals surface area contributed by atoms with Crippen LogP contribution in [0.4, 0.5) is 0 Å². The van der Waals surface area contributed by atoms with Crippen LogP contribution in [-0.4, -0.2) is 49.1 Å². The summed E-state index contributed by atoms with van der Waals surface area (Å²) in [6.45, 7) is 2.56. The number of aromatic nitrogens is 1. The summed E-state index contributed by atoms with van der Waals surface area (Å²) in [6.07, 6.45) is 2.06. The predicted octanol–water partition coefficient (Wildman–Crippen LogP) is 2.36. The maximum Gasteiger partial charge on any atom is 0.318 e. The van der Waals surface area contributed by atoms with E-state index < -0.39 is 5.41 Å². The maximum absolute atomic E-state index is 13.1. The Bertz CT molecular complexity index is 822. The number of methoxy groups -OCH3 is 2. The van der Waals surface area contributed by atoms with Crippen molar-refractivity contribution in [2.75, 3.05) is 27.3 Å². The van der Waals surface area contributed by atoms with Crippen LogP contribution in [0.3, 0.4) is 0 Å². The number of nitrogens with zero attached hydrogens (tertiary/aromatic N) is 2. The number of benzene rings is 1. The van der Waals surface area contributed by atoms with Crippen LogP contribution in [0.1, 0.15) is 28.0 Å². The molecule has 1 fully saturated rings. The second kappa shape index (κ2) is 7.15. The molecule has 0 spiro atoms. The Morgan fingerprint density at radius 1 is 1.19 bits per heavy atom. The summed E-state index contributed by atoms with van der Waals surface area (Å²) in [5.41, 5.74) is 1.20. The first-order valence-corrected chi connectivity index (χ1v) is 8.45. The van der Waals surface area contributed by atoms with Gasteiger partial charge in [0.15, 0.2) is 0 Å². The monoisotopic (exact) mass is 354 g/mol. The standard InChI is InChI=1S/C20H22N2O4/c1-14-11-16(17(25-2)12-21-14)18(23)22-10-9-20(13-22,19(24)26-3)15-7-5-4-6-8-15/h4-8,11-12H,9-10,13H2,1-3H3. The van der Waals surface area contributed by atoms with Crippen LogP contribution in [-0.2, 0) is 14.9 Å². The third kappa shape index (κ3) is 3.03. The Balaban J connectivity index is 1.94. The third-order valence-corrected chi connectivity index (χ3v) is 4.91. The number of amides is 1. The van der Waals surface area contributed by atoms with Crippen molar-refractivity contribution in [2.24, 2.45) is 0 Å². The fourth-order valence-corrected chi connectivity index (χ4v) is 3.50. The smallest absolute Gasteiger partial charge is 0.318 e. The summed E-state index contributed by atoms with van der Waals surface area (Å²) in [7, 11) is 2.89. The van der Waals surface area contributed by atoms with Gasteiger partial charge in [0.05, 0.1) is 26.0 Å². The number of carbonyl (C=O) groups excluding carboxylic acids is 2. The Morgan fingerprint density at radius 3 is 2.58 bits per heavy atom. The highest BCUT2D eigenvalue weighted by atomic mass is 16.5. The molecule has 1 aromatic heterocycles. The summed E-state index contributed by atoms with van der Waals surface area (Å²) < 4.78 is 10.4. The van der Waals surface area contributed by atoms with Crippen LogP contribution in [0.5, 0.6) is 5.75 Å². The number of esters is 1. The van der Waals surface area contributed by atoms with Crippen LogP contribution in [0.15, 0.2) is 42.6 Å². The number of hydrogen-bond donors (Lipinski definition) is 0. The number of aryl methyl sites for hydroxylation is 1. The normalized spacial score (nSPS) is 19.3. The number of ether oxygens (including phenoxy) is 2. The van der Waals surface area contributed by atoms with Crippen LogP contribution in [0.25, 0.3) is 0 Å². The summed E-state index contributed by atoms with van der Waals surface area (Å²) in [6, 6.07) is 11.2. The van der Waals surface area contributed by atoms with E-state index in [1.54, 1.807) is 17.2 Å². The quantitative estimate of drug-likeness (QED) is 0.789. The zero-order chi connectivity index (χ0) is 18.7. The molecule has 6 heteroatoms. The van der Waals surface area contributed by atoms with E-state index in [1.807, 2.05) is 37.3 Å². The van der Waals surface area contributed by atoms with Crippen molar-refractivity contribution in [2.45, 2.75) is 18.8 Å². The van der Waals surface area contributed by atoms with Gasteiger partial charge in [0, 0.05) is 18.8 Å². The summed E-state index contributed by atoms with van der Waals surface area (Å²) in [5.74, 6) is -0.0678. The number of pyridine rings is 1. The van der Waals surface area contributed by atoms with E-state index in [1.165, 1.54) is 14.2 Å². The highest BCUT2D eigenvalue weighted by molar-refractivity contribution is 5.98. The molecule has 6 nitrogen and oxygen atoms in total. The van der Waals surface area contributed by atoms with E-state index in [2.05, 4.69) is 4.98 Å². The molecule has 0 radical (unpaired) electrons. The van der Waals surface area contributed by atoms with Gasteiger partial charge in [-0.3, -0.25) is 14.6 Å². The minimum absolute atomic E-state index is 0.172. The Labute approximate surface area is 152 Å². The van der Waals surface area contributed by atoms with Gasteiger partial charge in [0.1, 0.15) is 11.2 Å². The average Bonchev–Trinajstić information content (AvgIpc) is 3.14. The van der Waals surface area contributed by atoms with Gasteiger partial charge in [0.25, 0.3) is 5.91 Å². The van der Waals surface area contributed by atoms with Crippen molar-refractivity contribution in [3.05, 3.63) is 59.4 Å². The lowest BCUT2D eigenvalue weighted by atomic mass is 9.79. The molecule has 1 atom stereocenters. The highest BCUT2D eigenvalue weighted by Gasteiger charge is 2.48. The Kier molecular flexibility index (Phi) is 4.93. The first-order chi connectivity index (χ1) is 12.5. The lowest BCUT2D eigenvalue weighted by Crippen LogP contribution is -2.41. The maximum atomic E-state index is 13.1. The van der Waals surface area contributed by atoms with Gasteiger partial charge >= 0.3 is 5.97 Å². The largest absolute Gasteiger partial charge is 0.494 e. The fourth-order valence-electron chi connectivity index (χ4n) is 3.50. The van der Waals surface area contributed by atoms with Crippen LogP contribution in [0, 0.1) is 6.92 Å². The minimum Gasteiger partial charge on any atom is -0.494 e. The summed E-state index contributed by atoms with van der Waals surface area (Å²) in [5, 5.41) is 0. The number of rotatable bonds is 4. The zero-order valence-electron chi connectivity index (χ0n) is 15.2. The number of likely N-dealkylation sites (tertiary alicyclic amines) is 1. The van der Waals surface area contributed by atoms with Crippen LogP contribution >= 0.6 is 0 Å². The van der Waals surface area contributed by atoms with E-state index in [-0.39, 0.29) is 18.4 Å². The SMILES string of the molecule is COC(=O)C1(c2ccccc2)CCN(C(=O)c2cc(C)ncc2OC)C1. The molecule has 0 N–H and O–H groups in total. The van der Waals surface area contributed by atoms with Gasteiger partial charge in [-0.2, -0.15) is 0 Å². The molecule has 1 aliphatic heterocycles. The van der Waals surface area contributed by atoms with Gasteiger partial charge in [0.2, 0.25) is 0 Å². The van der Waals surface area contributed by atoms with E-state index in [0.717, 1.165) is 11.3 Å². The van der Waals surface area contributed by atoms with E-state index in [0.29, 0.717) is 24.3 Å². The molecular formula is C20H22N2O4. The molecule has 0 aliphatic carbocycles. The van der Waals surface area contributed by atoms with Crippen molar-refractivity contribution >= 4 is 11.9 Å². The molecule has 0 saturated carbocycles. The lowest BCUT2D eigenvalue weighted by Gasteiger charge is -2.27. The Hall–Kier alpha value is -2.89. The second-order valence-electron chi connectivity index (χ2n) is 6.44. The van der Waals surface area contributed by atoms with Crippen molar-refractivity contribution in [1.29, 1.82) is 0 Å². The molecule has 1 aromatic carbocycles. The topological polar surface area (TPSA) is 68.7 Å². The average molecular weight is 354 g/mol. The third-order valence-electron chi connectivity index (χ3n) is 4.91. The predicted molar refractivity (Wildman–Crippen MR) is 96.2 cm³/mol. The van der Waals surface area contributed by atoms with Crippen LogP contribution in [0.2, 0.25) is 0 Å². The second-order valence-corrected chi connectivity index (χ2v) is 6.44. The number of carbonyl (C=O) groups is 2. The molecule has 0 bridgehead atoms.